The van der Waals surface area contributed by atoms with E-state index in [1.807, 2.05) is 0 Å². The van der Waals surface area contributed by atoms with Crippen molar-refractivity contribution < 1.29 is 13.0 Å². The van der Waals surface area contributed by atoms with Gasteiger partial charge in [-0.05, 0) is 0 Å². The summed E-state index contributed by atoms with van der Waals surface area (Å²) < 4.78 is 25.2. The first-order valence-electron chi connectivity index (χ1n) is 0.670. The standard InChI is InChI=1S/ClHO3S.Sn/c1-5(2,3)4;/h(H,2,3,4);. The SMILES string of the molecule is O=S(=O)(O)Cl.[Sn]. The molecule has 0 bridgehead atoms. The zero-order valence-corrected chi connectivity index (χ0v) is 6.98. The largest absolute Gasteiger partial charge is 0.353 e. The first-order valence-corrected chi connectivity index (χ1v) is 2.94. The molecule has 6 heteroatoms. The molecule has 6 heavy (non-hydrogen) atoms. The van der Waals surface area contributed by atoms with Crippen molar-refractivity contribution >= 4 is 43.9 Å². The molecule has 0 unspecified atom stereocenters. The number of hydrogen-bond acceptors (Lipinski definition) is 2. The number of rotatable bonds is 0. The molecule has 0 saturated heterocycles. The molecule has 0 rings (SSSR count). The van der Waals surface area contributed by atoms with E-state index in [-0.39, 0.29) is 23.9 Å². The van der Waals surface area contributed by atoms with Gasteiger partial charge in [0.2, 0.25) is 0 Å². The minimum absolute atomic E-state index is 0. The van der Waals surface area contributed by atoms with Crippen molar-refractivity contribution in [3.8, 4) is 0 Å². The molecule has 0 fully saturated rings. The van der Waals surface area contributed by atoms with Crippen molar-refractivity contribution in [2.45, 2.75) is 0 Å². The van der Waals surface area contributed by atoms with E-state index in [9.17, 15) is 0 Å². The van der Waals surface area contributed by atoms with Crippen molar-refractivity contribution in [2.75, 3.05) is 0 Å². The summed E-state index contributed by atoms with van der Waals surface area (Å²) in [5, 5.41) is 0. The Kier molecular flexibility index (Phi) is 5.14. The summed E-state index contributed by atoms with van der Waals surface area (Å²) in [5.74, 6) is 0. The van der Waals surface area contributed by atoms with E-state index in [1.54, 1.807) is 0 Å². The van der Waals surface area contributed by atoms with Gasteiger partial charge >= 0.3 is 9.33 Å². The number of hydrogen-bond donors (Lipinski definition) is 1. The Labute approximate surface area is 56.9 Å². The van der Waals surface area contributed by atoms with Gasteiger partial charge in [0, 0.05) is 34.6 Å². The molecule has 0 aromatic rings. The molecule has 0 heterocycles. The molecular weight excluding hydrogens is 234 g/mol. The fourth-order valence-corrected chi connectivity index (χ4v) is 0. The first-order chi connectivity index (χ1) is 2.00. The van der Waals surface area contributed by atoms with Crippen LogP contribution in [0, 0.1) is 0 Å². The third kappa shape index (κ3) is 80.1. The molecule has 3 nitrogen and oxygen atoms in total. The molecule has 36 valence electrons. The van der Waals surface area contributed by atoms with E-state index < -0.39 is 9.33 Å². The second kappa shape index (κ2) is 3.06. The van der Waals surface area contributed by atoms with Crippen LogP contribution < -0.4 is 0 Å². The first kappa shape index (κ1) is 10.1. The Morgan fingerprint density at radius 1 is 1.50 bits per heavy atom. The molecule has 0 aliphatic carbocycles. The van der Waals surface area contributed by atoms with Gasteiger partial charge in [-0.15, -0.1) is 0 Å². The average molecular weight is 235 g/mol. The Balaban J connectivity index is 0. The summed E-state index contributed by atoms with van der Waals surface area (Å²) in [6, 6.07) is 0. The van der Waals surface area contributed by atoms with Crippen LogP contribution >= 0.6 is 10.7 Å². The molecular formula is HClO3SSn. The monoisotopic (exact) mass is 236 g/mol. The maximum atomic E-state index is 8.95. The molecule has 4 radical (unpaired) electrons. The van der Waals surface area contributed by atoms with Gasteiger partial charge in [-0.2, -0.15) is 8.42 Å². The zero-order valence-electron chi connectivity index (χ0n) is 2.55. The predicted octanol–water partition coefficient (Wildman–Crippen LogP) is -0.353. The van der Waals surface area contributed by atoms with Crippen molar-refractivity contribution in [3.05, 3.63) is 0 Å². The molecule has 0 aliphatic heterocycles. The number of halogens is 1. The second-order valence-electron chi connectivity index (χ2n) is 0.412. The summed E-state index contributed by atoms with van der Waals surface area (Å²) in [6.07, 6.45) is 0. The topological polar surface area (TPSA) is 54.4 Å². The molecule has 0 amide bonds. The van der Waals surface area contributed by atoms with Crippen molar-refractivity contribution in [2.24, 2.45) is 0 Å². The average Bonchev–Trinajstić information content (AvgIpc) is 0.722. The summed E-state index contributed by atoms with van der Waals surface area (Å²) >= 11 is 0. The van der Waals surface area contributed by atoms with E-state index in [1.165, 1.54) is 0 Å². The Bertz CT molecular complexity index is 94.0. The van der Waals surface area contributed by atoms with Gasteiger partial charge in [0.05, 0.1) is 0 Å². The van der Waals surface area contributed by atoms with Crippen LogP contribution in [0.4, 0.5) is 0 Å². The van der Waals surface area contributed by atoms with Crippen LogP contribution in [0.5, 0.6) is 0 Å². The van der Waals surface area contributed by atoms with Crippen LogP contribution in [0.1, 0.15) is 0 Å². The van der Waals surface area contributed by atoms with Crippen molar-refractivity contribution in [1.82, 2.24) is 0 Å². The molecule has 1 N–H and O–H groups in total. The molecule has 0 aromatic carbocycles. The van der Waals surface area contributed by atoms with Gasteiger partial charge in [0.25, 0.3) is 0 Å². The third-order valence-electron chi connectivity index (χ3n) is 0. The minimum atomic E-state index is -4.19. The van der Waals surface area contributed by atoms with Crippen LogP contribution in [-0.4, -0.2) is 36.9 Å². The third-order valence-corrected chi connectivity index (χ3v) is 0. The van der Waals surface area contributed by atoms with Crippen LogP contribution in [-0.2, 0) is 9.33 Å². The van der Waals surface area contributed by atoms with E-state index in [0.29, 0.717) is 0 Å². The zero-order chi connectivity index (χ0) is 4.50. The summed E-state index contributed by atoms with van der Waals surface area (Å²) in [7, 11) is -0.137. The fourth-order valence-electron chi connectivity index (χ4n) is 0. The van der Waals surface area contributed by atoms with Gasteiger partial charge in [-0.3, -0.25) is 4.55 Å². The predicted molar refractivity (Wildman–Crippen MR) is 23.2 cm³/mol. The Hall–Kier alpha value is 0.999. The van der Waals surface area contributed by atoms with Crippen molar-refractivity contribution in [1.29, 1.82) is 0 Å². The Morgan fingerprint density at radius 2 is 1.50 bits per heavy atom. The van der Waals surface area contributed by atoms with Gasteiger partial charge in [-0.25, -0.2) is 0 Å². The summed E-state index contributed by atoms with van der Waals surface area (Å²) in [4.78, 5) is 0. The van der Waals surface area contributed by atoms with Crippen molar-refractivity contribution in [3.63, 3.8) is 0 Å². The van der Waals surface area contributed by atoms with E-state index in [0.717, 1.165) is 0 Å². The van der Waals surface area contributed by atoms with E-state index in [4.69, 9.17) is 13.0 Å². The summed E-state index contributed by atoms with van der Waals surface area (Å²) in [5.41, 5.74) is 0. The van der Waals surface area contributed by atoms with Crippen LogP contribution in [0.15, 0.2) is 0 Å². The molecule has 0 saturated carbocycles. The normalized spacial score (nSPS) is 9.67. The van der Waals surface area contributed by atoms with Crippen LogP contribution in [0.3, 0.4) is 0 Å². The molecule has 0 aromatic heterocycles. The second-order valence-corrected chi connectivity index (χ2v) is 2.41. The molecule has 0 atom stereocenters. The smallest absolute Gasteiger partial charge is 0.273 e. The van der Waals surface area contributed by atoms with Gasteiger partial charge in [0.1, 0.15) is 0 Å². The van der Waals surface area contributed by atoms with Crippen LogP contribution in [0.2, 0.25) is 0 Å². The van der Waals surface area contributed by atoms with E-state index in [2.05, 4.69) is 10.7 Å². The summed E-state index contributed by atoms with van der Waals surface area (Å²) in [6.45, 7) is 0. The van der Waals surface area contributed by atoms with Crippen LogP contribution in [0.25, 0.3) is 0 Å². The molecule has 0 spiro atoms. The quantitative estimate of drug-likeness (QED) is 0.354. The minimum Gasteiger partial charge on any atom is -0.273 e. The van der Waals surface area contributed by atoms with Gasteiger partial charge in [-0.1, -0.05) is 0 Å². The van der Waals surface area contributed by atoms with Gasteiger partial charge in [0.15, 0.2) is 0 Å². The maximum Gasteiger partial charge on any atom is 0.353 e. The van der Waals surface area contributed by atoms with E-state index >= 15 is 0 Å². The Morgan fingerprint density at radius 3 is 1.50 bits per heavy atom. The van der Waals surface area contributed by atoms with Gasteiger partial charge < -0.3 is 0 Å². The molecule has 0 aliphatic rings. The maximum absolute atomic E-state index is 8.95. The fraction of sp³-hybridized carbons (Fsp3) is 0.